The summed E-state index contributed by atoms with van der Waals surface area (Å²) in [5, 5.41) is 12.9. The molecule has 94 valence electrons. The summed E-state index contributed by atoms with van der Waals surface area (Å²) in [5.74, 6) is 0. The smallest absolute Gasteiger partial charge is 0.379 e. The number of anilines is 1. The first-order valence-electron chi connectivity index (χ1n) is 4.75. The van der Waals surface area contributed by atoms with E-state index in [1.165, 1.54) is 0 Å². The third kappa shape index (κ3) is 3.31. The molecule has 0 saturated heterocycles. The normalized spacial score (nSPS) is 11.3. The molecule has 0 fully saturated rings. The van der Waals surface area contributed by atoms with E-state index in [4.69, 9.17) is 0 Å². The number of quaternary nitrogens is 1. The van der Waals surface area contributed by atoms with E-state index in [2.05, 4.69) is 11.1 Å². The van der Waals surface area contributed by atoms with E-state index < -0.39 is 22.4 Å². The Morgan fingerprint density at radius 3 is 2.53 bits per heavy atom. The third-order valence-electron chi connectivity index (χ3n) is 2.01. The van der Waals surface area contributed by atoms with Crippen LogP contribution in [0, 0.1) is 10.1 Å². The van der Waals surface area contributed by atoms with Crippen molar-refractivity contribution >= 4 is 11.4 Å². The van der Waals surface area contributed by atoms with E-state index in [0.29, 0.717) is 12.6 Å². The lowest BCUT2D eigenvalue weighted by molar-refractivity contribution is -0.385. The Hall–Kier alpha value is -1.83. The van der Waals surface area contributed by atoms with Crippen LogP contribution in [0.5, 0.6) is 0 Å². The van der Waals surface area contributed by atoms with Crippen LogP contribution in [0.3, 0.4) is 0 Å². The van der Waals surface area contributed by atoms with Crippen LogP contribution in [0.15, 0.2) is 18.2 Å². The predicted octanol–water partition coefficient (Wildman–Crippen LogP) is 1.27. The molecule has 1 rings (SSSR count). The van der Waals surface area contributed by atoms with Gasteiger partial charge in [-0.25, -0.2) is 0 Å². The molecule has 4 N–H and O–H groups in total. The number of hydrogen-bond donors (Lipinski definition) is 2. The number of nitrogens with zero attached hydrogens (tertiary/aromatic N) is 1. The van der Waals surface area contributed by atoms with Crippen molar-refractivity contribution in [3.63, 3.8) is 0 Å². The maximum Gasteiger partial charge on any atom is 0.418 e. The minimum absolute atomic E-state index is 0.174. The highest BCUT2D eigenvalue weighted by Crippen LogP contribution is 2.36. The minimum Gasteiger partial charge on any atom is -0.379 e. The molecule has 0 spiro atoms. The van der Waals surface area contributed by atoms with Gasteiger partial charge in [-0.3, -0.25) is 10.1 Å². The fraction of sp³-hybridized carbons (Fsp3) is 0.333. The highest BCUT2D eigenvalue weighted by Gasteiger charge is 2.35. The summed E-state index contributed by atoms with van der Waals surface area (Å²) in [4.78, 5) is 9.55. The monoisotopic (exact) mass is 250 g/mol. The van der Waals surface area contributed by atoms with Gasteiger partial charge < -0.3 is 11.1 Å². The standard InChI is InChI=1S/C9H10F3N3O2/c10-9(11,12)7-5-6(15(16)17)1-2-8(7)14-4-3-13/h1-2,5,14H,3-4,13H2/p+1. The number of nitrogens with one attached hydrogen (secondary N) is 1. The lowest BCUT2D eigenvalue weighted by Crippen LogP contribution is -2.53. The topological polar surface area (TPSA) is 82.8 Å². The zero-order valence-electron chi connectivity index (χ0n) is 8.75. The maximum absolute atomic E-state index is 12.6. The van der Waals surface area contributed by atoms with E-state index in [1.807, 2.05) is 0 Å². The summed E-state index contributed by atoms with van der Waals surface area (Å²) < 4.78 is 37.9. The zero-order valence-corrected chi connectivity index (χ0v) is 8.75. The number of nitro groups is 1. The summed E-state index contributed by atoms with van der Waals surface area (Å²) in [6.45, 7) is 0.676. The Kier molecular flexibility index (Phi) is 3.89. The van der Waals surface area contributed by atoms with Gasteiger partial charge in [-0.1, -0.05) is 0 Å². The van der Waals surface area contributed by atoms with E-state index in [-0.39, 0.29) is 12.2 Å². The molecule has 0 radical (unpaired) electrons. The largest absolute Gasteiger partial charge is 0.418 e. The van der Waals surface area contributed by atoms with Crippen molar-refractivity contribution in [1.29, 1.82) is 0 Å². The third-order valence-corrected chi connectivity index (χ3v) is 2.01. The molecule has 1 aromatic carbocycles. The quantitative estimate of drug-likeness (QED) is 0.623. The molecule has 0 aromatic heterocycles. The Bertz CT molecular complexity index is 420. The van der Waals surface area contributed by atoms with Gasteiger partial charge in [0.2, 0.25) is 0 Å². The van der Waals surface area contributed by atoms with Gasteiger partial charge in [0, 0.05) is 17.8 Å². The highest BCUT2D eigenvalue weighted by atomic mass is 19.4. The molecule has 0 aliphatic carbocycles. The molecule has 0 unspecified atom stereocenters. The van der Waals surface area contributed by atoms with Crippen LogP contribution >= 0.6 is 0 Å². The van der Waals surface area contributed by atoms with E-state index in [9.17, 15) is 23.3 Å². The van der Waals surface area contributed by atoms with Crippen molar-refractivity contribution < 1.29 is 23.8 Å². The SMILES string of the molecule is [NH3+]CCNc1ccc([N+](=O)[O-])cc1C(F)(F)F. The summed E-state index contributed by atoms with van der Waals surface area (Å²) in [6.07, 6.45) is -4.63. The average Bonchev–Trinajstić information content (AvgIpc) is 2.24. The molecule has 1 aromatic rings. The molecular weight excluding hydrogens is 239 g/mol. The van der Waals surface area contributed by atoms with Crippen LogP contribution < -0.4 is 11.1 Å². The molecule has 0 amide bonds. The van der Waals surface area contributed by atoms with E-state index >= 15 is 0 Å². The van der Waals surface area contributed by atoms with Crippen LogP contribution in [0.2, 0.25) is 0 Å². The van der Waals surface area contributed by atoms with E-state index in [1.54, 1.807) is 0 Å². The van der Waals surface area contributed by atoms with Crippen molar-refractivity contribution in [3.8, 4) is 0 Å². The predicted molar refractivity (Wildman–Crippen MR) is 54.3 cm³/mol. The number of benzene rings is 1. The summed E-state index contributed by atoms with van der Waals surface area (Å²) in [5.41, 5.74) is 1.68. The van der Waals surface area contributed by atoms with Crippen LogP contribution in [0.4, 0.5) is 24.5 Å². The Labute approximate surface area is 94.6 Å². The molecule has 17 heavy (non-hydrogen) atoms. The Balaban J connectivity index is 3.17. The number of alkyl halides is 3. The number of halogens is 3. The molecular formula is C9H11F3N3O2+. The number of non-ortho nitro benzene ring substituents is 1. The first kappa shape index (κ1) is 13.2. The van der Waals surface area contributed by atoms with Crippen molar-refractivity contribution in [3.05, 3.63) is 33.9 Å². The summed E-state index contributed by atoms with van der Waals surface area (Å²) >= 11 is 0. The lowest BCUT2D eigenvalue weighted by atomic mass is 10.1. The van der Waals surface area contributed by atoms with Gasteiger partial charge in [-0.2, -0.15) is 13.2 Å². The summed E-state index contributed by atoms with van der Waals surface area (Å²) in [7, 11) is 0. The fourth-order valence-electron chi connectivity index (χ4n) is 1.26. The van der Waals surface area contributed by atoms with Gasteiger partial charge in [0.25, 0.3) is 5.69 Å². The van der Waals surface area contributed by atoms with Gasteiger partial charge in [0.1, 0.15) is 0 Å². The van der Waals surface area contributed by atoms with Crippen molar-refractivity contribution in [2.75, 3.05) is 18.4 Å². The fourth-order valence-corrected chi connectivity index (χ4v) is 1.26. The minimum atomic E-state index is -4.63. The highest BCUT2D eigenvalue weighted by molar-refractivity contribution is 5.57. The van der Waals surface area contributed by atoms with Crippen molar-refractivity contribution in [1.82, 2.24) is 0 Å². The van der Waals surface area contributed by atoms with Crippen LogP contribution in [-0.4, -0.2) is 18.0 Å². The van der Waals surface area contributed by atoms with Crippen molar-refractivity contribution in [2.24, 2.45) is 0 Å². The molecule has 0 atom stereocenters. The van der Waals surface area contributed by atoms with Crippen LogP contribution in [-0.2, 0) is 6.18 Å². The van der Waals surface area contributed by atoms with Gasteiger partial charge in [-0.15, -0.1) is 0 Å². The van der Waals surface area contributed by atoms with Crippen molar-refractivity contribution in [2.45, 2.75) is 6.18 Å². The van der Waals surface area contributed by atoms with Gasteiger partial charge >= 0.3 is 6.18 Å². The second kappa shape index (κ2) is 5.00. The molecule has 8 heteroatoms. The summed E-state index contributed by atoms with van der Waals surface area (Å²) in [6, 6.07) is 2.60. The Morgan fingerprint density at radius 1 is 1.41 bits per heavy atom. The first-order valence-corrected chi connectivity index (χ1v) is 4.75. The van der Waals surface area contributed by atoms with Crippen LogP contribution in [0.25, 0.3) is 0 Å². The number of rotatable bonds is 4. The van der Waals surface area contributed by atoms with Gasteiger partial charge in [-0.05, 0) is 6.07 Å². The molecule has 0 heterocycles. The van der Waals surface area contributed by atoms with Gasteiger partial charge in [0.05, 0.1) is 23.6 Å². The number of nitro benzene ring substituents is 1. The average molecular weight is 250 g/mol. The molecule has 0 bridgehead atoms. The zero-order chi connectivity index (χ0) is 13.1. The molecule has 0 aliphatic heterocycles. The molecule has 0 saturated carbocycles. The first-order chi connectivity index (χ1) is 7.86. The van der Waals surface area contributed by atoms with E-state index in [0.717, 1.165) is 12.1 Å². The second-order valence-corrected chi connectivity index (χ2v) is 3.27. The van der Waals surface area contributed by atoms with Gasteiger partial charge in [0.15, 0.2) is 0 Å². The van der Waals surface area contributed by atoms with Crippen LogP contribution in [0.1, 0.15) is 5.56 Å². The second-order valence-electron chi connectivity index (χ2n) is 3.27. The molecule has 5 nitrogen and oxygen atoms in total. The maximum atomic E-state index is 12.6. The Morgan fingerprint density at radius 2 is 2.06 bits per heavy atom. The lowest BCUT2D eigenvalue weighted by Gasteiger charge is -2.13. The molecule has 0 aliphatic rings. The number of hydrogen-bond acceptors (Lipinski definition) is 3.